The van der Waals surface area contributed by atoms with Crippen molar-refractivity contribution in [3.8, 4) is 11.4 Å². The summed E-state index contributed by atoms with van der Waals surface area (Å²) >= 11 is 3.57. The molecule has 0 aliphatic rings. The molecule has 0 radical (unpaired) electrons. The van der Waals surface area contributed by atoms with Crippen LogP contribution < -0.4 is 4.74 Å². The predicted molar refractivity (Wildman–Crippen MR) is 105 cm³/mol. The Labute approximate surface area is 156 Å². The highest BCUT2D eigenvalue weighted by Gasteiger charge is 2.17. The van der Waals surface area contributed by atoms with Gasteiger partial charge in [0.25, 0.3) is 0 Å². The minimum absolute atomic E-state index is 0.374. The Balaban J connectivity index is 2.75. The largest absolute Gasteiger partial charge is 0.497 e. The molecule has 0 aliphatic carbocycles. The first kappa shape index (κ1) is 19.2. The first-order valence-electron chi connectivity index (χ1n) is 7.87. The van der Waals surface area contributed by atoms with E-state index >= 15 is 0 Å². The number of methoxy groups -OCH3 is 1. The van der Waals surface area contributed by atoms with E-state index in [1.165, 1.54) is 19.2 Å². The van der Waals surface area contributed by atoms with Crippen LogP contribution >= 0.6 is 15.9 Å². The van der Waals surface area contributed by atoms with Crippen molar-refractivity contribution in [2.24, 2.45) is 0 Å². The number of allylic oxidation sites excluding steroid dienone is 5. The van der Waals surface area contributed by atoms with E-state index in [4.69, 9.17) is 4.74 Å². The predicted octanol–water partition coefficient (Wildman–Crippen LogP) is 5.90. The topological polar surface area (TPSA) is 27.1 Å². The molecule has 5 heteroatoms. The molecular weight excluding hydrogens is 383 g/mol. The molecule has 0 bridgehead atoms. The van der Waals surface area contributed by atoms with Gasteiger partial charge >= 0.3 is 0 Å². The number of hydrogen-bond donors (Lipinski definition) is 0. The standard InChI is InChI=1S/C20H22BrFN2O/c1-7-15(8-19(21)12(2)3)20-13(4)14(5)23-24(20)17-9-16(22)10-18(11-17)25-6/h7-11H,1H2,2-6H3/b15-8+. The lowest BCUT2D eigenvalue weighted by Crippen LogP contribution is -2.03. The summed E-state index contributed by atoms with van der Waals surface area (Å²) in [5.41, 5.74) is 5.41. The van der Waals surface area contributed by atoms with E-state index in [0.29, 0.717) is 11.4 Å². The summed E-state index contributed by atoms with van der Waals surface area (Å²) in [5.74, 6) is 0.0714. The van der Waals surface area contributed by atoms with Crippen LogP contribution in [-0.2, 0) is 0 Å². The average molecular weight is 405 g/mol. The number of ether oxygens (including phenoxy) is 1. The maximum atomic E-state index is 14.0. The second-order valence-corrected chi connectivity index (χ2v) is 6.83. The van der Waals surface area contributed by atoms with Crippen LogP contribution in [0.2, 0.25) is 0 Å². The van der Waals surface area contributed by atoms with E-state index in [1.807, 2.05) is 33.8 Å². The molecule has 1 heterocycles. The maximum Gasteiger partial charge on any atom is 0.129 e. The Morgan fingerprint density at radius 3 is 2.52 bits per heavy atom. The minimum Gasteiger partial charge on any atom is -0.497 e. The maximum absolute atomic E-state index is 14.0. The Morgan fingerprint density at radius 1 is 1.28 bits per heavy atom. The molecule has 2 rings (SSSR count). The molecule has 1 aromatic carbocycles. The monoisotopic (exact) mass is 404 g/mol. The van der Waals surface area contributed by atoms with Crippen LogP contribution in [0.25, 0.3) is 11.3 Å². The van der Waals surface area contributed by atoms with Crippen LogP contribution in [-0.4, -0.2) is 16.9 Å². The second kappa shape index (κ2) is 7.83. The van der Waals surface area contributed by atoms with Gasteiger partial charge in [0.2, 0.25) is 0 Å². The van der Waals surface area contributed by atoms with Gasteiger partial charge in [-0.15, -0.1) is 0 Å². The quantitative estimate of drug-likeness (QED) is 0.580. The molecule has 0 aliphatic heterocycles. The number of nitrogens with zero attached hydrogens (tertiary/aromatic N) is 2. The molecule has 2 aromatic rings. The number of rotatable bonds is 5. The zero-order chi connectivity index (χ0) is 18.7. The van der Waals surface area contributed by atoms with Crippen LogP contribution in [0.1, 0.15) is 30.8 Å². The van der Waals surface area contributed by atoms with Crippen molar-refractivity contribution >= 4 is 21.5 Å². The number of hydrogen-bond acceptors (Lipinski definition) is 2. The Morgan fingerprint density at radius 2 is 1.96 bits per heavy atom. The fourth-order valence-electron chi connectivity index (χ4n) is 2.42. The summed E-state index contributed by atoms with van der Waals surface area (Å²) in [5, 5.41) is 4.59. The fourth-order valence-corrected chi connectivity index (χ4v) is 2.67. The highest BCUT2D eigenvalue weighted by Crippen LogP contribution is 2.30. The molecule has 0 saturated carbocycles. The smallest absolute Gasteiger partial charge is 0.129 e. The average Bonchev–Trinajstić information content (AvgIpc) is 2.87. The Kier molecular flexibility index (Phi) is 6.01. The van der Waals surface area contributed by atoms with Crippen LogP contribution in [0.3, 0.4) is 0 Å². The van der Waals surface area contributed by atoms with Crippen LogP contribution in [0.15, 0.2) is 47.0 Å². The molecule has 25 heavy (non-hydrogen) atoms. The zero-order valence-corrected chi connectivity index (χ0v) is 16.7. The van der Waals surface area contributed by atoms with Gasteiger partial charge in [0.1, 0.15) is 11.6 Å². The third-order valence-corrected chi connectivity index (χ3v) is 4.97. The molecule has 0 N–H and O–H groups in total. The zero-order valence-electron chi connectivity index (χ0n) is 15.2. The number of halogens is 2. The summed E-state index contributed by atoms with van der Waals surface area (Å²) in [6.07, 6.45) is 3.78. The highest BCUT2D eigenvalue weighted by molar-refractivity contribution is 9.11. The molecule has 0 unspecified atom stereocenters. The Bertz CT molecular complexity index is 874. The van der Waals surface area contributed by atoms with Gasteiger partial charge in [-0.3, -0.25) is 0 Å². The second-order valence-electron chi connectivity index (χ2n) is 5.97. The van der Waals surface area contributed by atoms with Gasteiger partial charge in [-0.2, -0.15) is 5.10 Å². The van der Waals surface area contributed by atoms with Gasteiger partial charge in [-0.1, -0.05) is 34.2 Å². The molecular formula is C20H22BrFN2O. The molecule has 0 atom stereocenters. The van der Waals surface area contributed by atoms with Crippen molar-refractivity contribution in [2.75, 3.05) is 7.11 Å². The molecule has 0 spiro atoms. The highest BCUT2D eigenvalue weighted by atomic mass is 79.9. The normalized spacial score (nSPS) is 11.4. The molecule has 132 valence electrons. The summed E-state index contributed by atoms with van der Waals surface area (Å²) in [6, 6.07) is 4.54. The van der Waals surface area contributed by atoms with Gasteiger partial charge in [0, 0.05) is 22.2 Å². The van der Waals surface area contributed by atoms with Crippen LogP contribution in [0, 0.1) is 19.7 Å². The molecule has 1 aromatic heterocycles. The number of aryl methyl sites for hydroxylation is 1. The summed E-state index contributed by atoms with van der Waals surface area (Å²) in [7, 11) is 1.51. The van der Waals surface area contributed by atoms with Crippen molar-refractivity contribution in [1.82, 2.24) is 9.78 Å². The van der Waals surface area contributed by atoms with Crippen LogP contribution in [0.5, 0.6) is 5.75 Å². The summed E-state index contributed by atoms with van der Waals surface area (Å²) in [6.45, 7) is 11.9. The van der Waals surface area contributed by atoms with E-state index in [-0.39, 0.29) is 5.82 Å². The third-order valence-electron chi connectivity index (χ3n) is 3.95. The minimum atomic E-state index is -0.374. The number of aromatic nitrogens is 2. The van der Waals surface area contributed by atoms with Crippen molar-refractivity contribution < 1.29 is 9.13 Å². The van der Waals surface area contributed by atoms with Crippen molar-refractivity contribution in [2.45, 2.75) is 27.7 Å². The summed E-state index contributed by atoms with van der Waals surface area (Å²) in [4.78, 5) is 0. The van der Waals surface area contributed by atoms with Crippen molar-refractivity contribution in [1.29, 1.82) is 0 Å². The van der Waals surface area contributed by atoms with Gasteiger partial charge in [0.15, 0.2) is 0 Å². The van der Waals surface area contributed by atoms with Crippen molar-refractivity contribution in [3.63, 3.8) is 0 Å². The first-order chi connectivity index (χ1) is 11.8. The molecule has 0 fully saturated rings. The lowest BCUT2D eigenvalue weighted by atomic mass is 10.1. The Hall–Kier alpha value is -2.14. The van der Waals surface area contributed by atoms with Gasteiger partial charge in [0.05, 0.1) is 24.2 Å². The lowest BCUT2D eigenvalue weighted by Gasteiger charge is -2.11. The van der Waals surface area contributed by atoms with E-state index in [1.54, 1.807) is 16.8 Å². The van der Waals surface area contributed by atoms with E-state index < -0.39 is 0 Å². The van der Waals surface area contributed by atoms with Gasteiger partial charge in [-0.25, -0.2) is 9.07 Å². The number of benzene rings is 1. The third kappa shape index (κ3) is 4.10. The van der Waals surface area contributed by atoms with Crippen LogP contribution in [0.4, 0.5) is 4.39 Å². The molecule has 3 nitrogen and oxygen atoms in total. The SMILES string of the molecule is C=C/C(=C\C(Br)=C(C)C)c1c(C)c(C)nn1-c1cc(F)cc(OC)c1. The molecule has 0 amide bonds. The first-order valence-corrected chi connectivity index (χ1v) is 8.66. The summed E-state index contributed by atoms with van der Waals surface area (Å²) < 4.78 is 21.9. The van der Waals surface area contributed by atoms with E-state index in [0.717, 1.165) is 32.6 Å². The van der Waals surface area contributed by atoms with Gasteiger partial charge < -0.3 is 4.74 Å². The van der Waals surface area contributed by atoms with E-state index in [2.05, 4.69) is 27.6 Å². The lowest BCUT2D eigenvalue weighted by molar-refractivity contribution is 0.411. The van der Waals surface area contributed by atoms with Gasteiger partial charge in [-0.05, 0) is 45.4 Å². The fraction of sp³-hybridized carbons (Fsp3) is 0.250. The molecule has 0 saturated heterocycles. The van der Waals surface area contributed by atoms with E-state index in [9.17, 15) is 4.39 Å². The van der Waals surface area contributed by atoms with Crippen molar-refractivity contribution in [3.05, 3.63) is 69.8 Å².